The highest BCUT2D eigenvalue weighted by atomic mass is 35.5. The standard InChI is InChI=1S/C7H7ClN2O3S/c8-5-3-4(7(9)11)1-2-6(5)14(10,12)13/h1-3H,(H2,9,11)(H2,10,12,13). The van der Waals surface area contributed by atoms with Gasteiger partial charge in [-0.15, -0.1) is 0 Å². The molecule has 1 aromatic rings. The van der Waals surface area contributed by atoms with Crippen LogP contribution in [-0.4, -0.2) is 14.3 Å². The number of nitrogens with two attached hydrogens (primary N) is 2. The number of carbonyl (C=O) groups excluding carboxylic acids is 1. The second kappa shape index (κ2) is 3.56. The molecule has 0 saturated carbocycles. The monoisotopic (exact) mass is 234 g/mol. The van der Waals surface area contributed by atoms with Crippen LogP contribution < -0.4 is 10.9 Å². The van der Waals surface area contributed by atoms with Gasteiger partial charge in [0.2, 0.25) is 15.9 Å². The van der Waals surface area contributed by atoms with E-state index >= 15 is 0 Å². The van der Waals surface area contributed by atoms with Crippen molar-refractivity contribution in [3.05, 3.63) is 28.8 Å². The Morgan fingerprint density at radius 3 is 2.29 bits per heavy atom. The second-order valence-electron chi connectivity index (χ2n) is 2.55. The lowest BCUT2D eigenvalue weighted by Crippen LogP contribution is -2.15. The Morgan fingerprint density at radius 2 is 1.93 bits per heavy atom. The van der Waals surface area contributed by atoms with Crippen molar-refractivity contribution in [1.82, 2.24) is 0 Å². The summed E-state index contributed by atoms with van der Waals surface area (Å²) in [6.07, 6.45) is 0. The molecule has 0 fully saturated rings. The summed E-state index contributed by atoms with van der Waals surface area (Å²) < 4.78 is 21.8. The predicted octanol–water partition coefficient (Wildman–Crippen LogP) is 0.0863. The van der Waals surface area contributed by atoms with Crippen molar-refractivity contribution in [3.8, 4) is 0 Å². The molecule has 0 aliphatic heterocycles. The van der Waals surface area contributed by atoms with Crippen LogP contribution in [0.15, 0.2) is 23.1 Å². The topological polar surface area (TPSA) is 103 Å². The Bertz CT molecular complexity index is 484. The minimum Gasteiger partial charge on any atom is -0.366 e. The summed E-state index contributed by atoms with van der Waals surface area (Å²) in [5.74, 6) is -0.687. The zero-order valence-corrected chi connectivity index (χ0v) is 8.47. The van der Waals surface area contributed by atoms with Crippen LogP contribution in [0.1, 0.15) is 10.4 Å². The van der Waals surface area contributed by atoms with Gasteiger partial charge in [-0.1, -0.05) is 11.6 Å². The number of hydrogen-bond donors (Lipinski definition) is 2. The molecule has 14 heavy (non-hydrogen) atoms. The molecule has 4 N–H and O–H groups in total. The summed E-state index contributed by atoms with van der Waals surface area (Å²) in [5.41, 5.74) is 5.09. The third kappa shape index (κ3) is 2.22. The SMILES string of the molecule is NC(=O)c1ccc(S(N)(=O)=O)c(Cl)c1. The van der Waals surface area contributed by atoms with E-state index in [1.807, 2.05) is 0 Å². The van der Waals surface area contributed by atoms with Gasteiger partial charge < -0.3 is 5.73 Å². The lowest BCUT2D eigenvalue weighted by Gasteiger charge is -2.02. The summed E-state index contributed by atoms with van der Waals surface area (Å²) in [6.45, 7) is 0. The van der Waals surface area contributed by atoms with E-state index in [9.17, 15) is 13.2 Å². The van der Waals surface area contributed by atoms with E-state index in [2.05, 4.69) is 0 Å². The molecule has 1 rings (SSSR count). The maximum atomic E-state index is 10.9. The Morgan fingerprint density at radius 1 is 1.36 bits per heavy atom. The minimum absolute atomic E-state index is 0.121. The molecule has 0 saturated heterocycles. The van der Waals surface area contributed by atoms with Gasteiger partial charge in [0, 0.05) is 5.56 Å². The highest BCUT2D eigenvalue weighted by molar-refractivity contribution is 7.89. The van der Waals surface area contributed by atoms with Crippen molar-refractivity contribution >= 4 is 27.5 Å². The molecule has 1 aromatic carbocycles. The second-order valence-corrected chi connectivity index (χ2v) is 4.49. The van der Waals surface area contributed by atoms with Gasteiger partial charge in [-0.25, -0.2) is 13.6 Å². The average molecular weight is 235 g/mol. The van der Waals surface area contributed by atoms with Crippen molar-refractivity contribution in [3.63, 3.8) is 0 Å². The van der Waals surface area contributed by atoms with Gasteiger partial charge >= 0.3 is 0 Å². The number of benzene rings is 1. The molecular formula is C7H7ClN2O3S. The number of carbonyl (C=O) groups is 1. The Kier molecular flexibility index (Phi) is 2.79. The van der Waals surface area contributed by atoms with Gasteiger partial charge in [-0.2, -0.15) is 0 Å². The van der Waals surface area contributed by atoms with E-state index in [0.717, 1.165) is 12.1 Å². The van der Waals surface area contributed by atoms with E-state index in [-0.39, 0.29) is 15.5 Å². The van der Waals surface area contributed by atoms with Crippen molar-refractivity contribution in [2.24, 2.45) is 10.9 Å². The third-order valence-corrected chi connectivity index (χ3v) is 2.92. The third-order valence-electron chi connectivity index (χ3n) is 1.52. The normalized spacial score (nSPS) is 11.3. The molecule has 0 aliphatic rings. The fourth-order valence-corrected chi connectivity index (χ4v) is 1.98. The van der Waals surface area contributed by atoms with Crippen molar-refractivity contribution in [1.29, 1.82) is 0 Å². The number of primary sulfonamides is 1. The number of sulfonamides is 1. The van der Waals surface area contributed by atoms with Crippen molar-refractivity contribution in [2.75, 3.05) is 0 Å². The molecule has 0 heterocycles. The molecule has 0 aliphatic carbocycles. The van der Waals surface area contributed by atoms with Gasteiger partial charge in [-0.3, -0.25) is 4.79 Å². The predicted molar refractivity (Wildman–Crippen MR) is 51.3 cm³/mol. The lowest BCUT2D eigenvalue weighted by atomic mass is 10.2. The average Bonchev–Trinajstić information content (AvgIpc) is 2.01. The van der Waals surface area contributed by atoms with E-state index in [1.54, 1.807) is 0 Å². The van der Waals surface area contributed by atoms with Crippen LogP contribution in [-0.2, 0) is 10.0 Å². The van der Waals surface area contributed by atoms with Crippen molar-refractivity contribution < 1.29 is 13.2 Å². The first-order chi connectivity index (χ1) is 6.32. The summed E-state index contributed by atoms with van der Waals surface area (Å²) >= 11 is 5.59. The first-order valence-corrected chi connectivity index (χ1v) is 5.37. The van der Waals surface area contributed by atoms with Crippen molar-refractivity contribution in [2.45, 2.75) is 4.90 Å². The Hall–Kier alpha value is -1.11. The number of halogens is 1. The first kappa shape index (κ1) is 11.0. The molecule has 7 heteroatoms. The summed E-state index contributed by atoms with van der Waals surface area (Å²) in [5, 5.41) is 4.73. The molecule has 0 atom stereocenters. The fraction of sp³-hybridized carbons (Fsp3) is 0. The van der Waals surface area contributed by atoms with Gasteiger partial charge in [0.15, 0.2) is 0 Å². The number of primary amides is 1. The van der Waals surface area contributed by atoms with Crippen LogP contribution in [0, 0.1) is 0 Å². The van der Waals surface area contributed by atoms with Crippen LogP contribution in [0.3, 0.4) is 0 Å². The Labute approximate surface area is 85.7 Å². The first-order valence-electron chi connectivity index (χ1n) is 3.44. The van der Waals surface area contributed by atoms with Gasteiger partial charge in [0.1, 0.15) is 4.90 Å². The molecule has 0 spiro atoms. The van der Waals surface area contributed by atoms with Crippen LogP contribution in [0.2, 0.25) is 5.02 Å². The maximum absolute atomic E-state index is 10.9. The lowest BCUT2D eigenvalue weighted by molar-refractivity contribution is 0.1000. The van der Waals surface area contributed by atoms with Crippen LogP contribution in [0.25, 0.3) is 0 Å². The molecule has 0 bridgehead atoms. The highest BCUT2D eigenvalue weighted by Crippen LogP contribution is 2.21. The summed E-state index contributed by atoms with van der Waals surface area (Å²) in [4.78, 5) is 10.5. The fourth-order valence-electron chi connectivity index (χ4n) is 0.885. The molecule has 0 radical (unpaired) electrons. The number of amides is 1. The molecule has 1 amide bonds. The molecule has 0 aromatic heterocycles. The van der Waals surface area contributed by atoms with E-state index in [0.29, 0.717) is 0 Å². The molecule has 0 unspecified atom stereocenters. The van der Waals surface area contributed by atoms with Crippen LogP contribution in [0.5, 0.6) is 0 Å². The zero-order valence-electron chi connectivity index (χ0n) is 6.90. The molecule has 76 valence electrons. The highest BCUT2D eigenvalue weighted by Gasteiger charge is 2.14. The molecular weight excluding hydrogens is 228 g/mol. The maximum Gasteiger partial charge on any atom is 0.248 e. The zero-order chi connectivity index (χ0) is 10.9. The van der Waals surface area contributed by atoms with Gasteiger partial charge in [0.25, 0.3) is 0 Å². The molecule has 5 nitrogen and oxygen atoms in total. The van der Waals surface area contributed by atoms with E-state index < -0.39 is 15.9 Å². The van der Waals surface area contributed by atoms with E-state index in [4.69, 9.17) is 22.5 Å². The summed E-state index contributed by atoms with van der Waals surface area (Å²) in [6, 6.07) is 3.54. The quantitative estimate of drug-likeness (QED) is 0.758. The van der Waals surface area contributed by atoms with Crippen LogP contribution in [0.4, 0.5) is 0 Å². The van der Waals surface area contributed by atoms with Gasteiger partial charge in [0.05, 0.1) is 5.02 Å². The van der Waals surface area contributed by atoms with Gasteiger partial charge in [-0.05, 0) is 18.2 Å². The minimum atomic E-state index is -3.86. The van der Waals surface area contributed by atoms with Crippen LogP contribution >= 0.6 is 11.6 Å². The Balaban J connectivity index is 3.35. The number of hydrogen-bond acceptors (Lipinski definition) is 3. The largest absolute Gasteiger partial charge is 0.366 e. The smallest absolute Gasteiger partial charge is 0.248 e. The van der Waals surface area contributed by atoms with E-state index in [1.165, 1.54) is 6.07 Å². The number of rotatable bonds is 2. The summed E-state index contributed by atoms with van der Waals surface area (Å²) in [7, 11) is -3.86.